The van der Waals surface area contributed by atoms with Crippen LogP contribution in [0.2, 0.25) is 0 Å². The predicted octanol–water partition coefficient (Wildman–Crippen LogP) is 2.69. The van der Waals surface area contributed by atoms with Crippen molar-refractivity contribution in [2.75, 3.05) is 12.4 Å². The molecule has 1 amide bonds. The maximum Gasteiger partial charge on any atom is 0.310 e. The summed E-state index contributed by atoms with van der Waals surface area (Å²) in [5, 5.41) is 12.4. The van der Waals surface area contributed by atoms with Crippen LogP contribution in [0.1, 0.15) is 19.3 Å². The van der Waals surface area contributed by atoms with E-state index in [0.29, 0.717) is 23.8 Å². The standard InChI is InChI=1S/C17H19NO4/c1-22-14-6-4-13(5-7-14)18-15(19)10-17(16(20)21)9-11-2-3-12(17)8-11/h2-7,11-12H,8-10H2,1H3,(H,18,19)(H,20,21)/t11-,12+,17+/m1/s1. The third kappa shape index (κ3) is 2.47. The van der Waals surface area contributed by atoms with Gasteiger partial charge in [0.1, 0.15) is 5.75 Å². The molecule has 2 bridgehead atoms. The molecule has 3 atom stereocenters. The van der Waals surface area contributed by atoms with Crippen molar-refractivity contribution >= 4 is 17.6 Å². The van der Waals surface area contributed by atoms with Crippen molar-refractivity contribution < 1.29 is 19.4 Å². The highest BCUT2D eigenvalue weighted by molar-refractivity contribution is 5.94. The third-order valence-corrected chi connectivity index (χ3v) is 4.78. The molecule has 3 rings (SSSR count). The smallest absolute Gasteiger partial charge is 0.310 e. The number of allylic oxidation sites excluding steroid dienone is 2. The second-order valence-corrected chi connectivity index (χ2v) is 6.11. The van der Waals surface area contributed by atoms with E-state index in [0.717, 1.165) is 6.42 Å². The number of ether oxygens (including phenoxy) is 1. The van der Waals surface area contributed by atoms with Crippen molar-refractivity contribution in [1.82, 2.24) is 0 Å². The van der Waals surface area contributed by atoms with Crippen molar-refractivity contribution in [3.05, 3.63) is 36.4 Å². The molecular formula is C17H19NO4. The van der Waals surface area contributed by atoms with Gasteiger partial charge in [0.2, 0.25) is 5.91 Å². The summed E-state index contributed by atoms with van der Waals surface area (Å²) in [5.41, 5.74) is -0.305. The van der Waals surface area contributed by atoms with E-state index in [2.05, 4.69) is 11.4 Å². The van der Waals surface area contributed by atoms with Gasteiger partial charge in [-0.05, 0) is 48.9 Å². The molecule has 0 aromatic heterocycles. The number of nitrogens with one attached hydrogen (secondary N) is 1. The fourth-order valence-corrected chi connectivity index (χ4v) is 3.65. The Bertz CT molecular complexity index is 622. The monoisotopic (exact) mass is 301 g/mol. The quantitative estimate of drug-likeness (QED) is 0.820. The average Bonchev–Trinajstić information content (AvgIpc) is 3.09. The maximum atomic E-state index is 12.3. The van der Waals surface area contributed by atoms with Crippen molar-refractivity contribution in [2.45, 2.75) is 19.3 Å². The third-order valence-electron chi connectivity index (χ3n) is 4.78. The van der Waals surface area contributed by atoms with Crippen LogP contribution in [-0.2, 0) is 9.59 Å². The highest BCUT2D eigenvalue weighted by Crippen LogP contribution is 2.54. The lowest BCUT2D eigenvalue weighted by Gasteiger charge is -2.30. The van der Waals surface area contributed by atoms with E-state index < -0.39 is 11.4 Å². The van der Waals surface area contributed by atoms with Gasteiger partial charge in [0, 0.05) is 12.1 Å². The second-order valence-electron chi connectivity index (χ2n) is 6.11. The highest BCUT2D eigenvalue weighted by atomic mass is 16.5. The molecule has 2 aliphatic rings. The van der Waals surface area contributed by atoms with Crippen LogP contribution < -0.4 is 10.1 Å². The Morgan fingerprint density at radius 1 is 1.32 bits per heavy atom. The Balaban J connectivity index is 1.70. The number of methoxy groups -OCH3 is 1. The number of anilines is 1. The Morgan fingerprint density at radius 3 is 2.55 bits per heavy atom. The summed E-state index contributed by atoms with van der Waals surface area (Å²) in [5.74, 6) is -0.146. The number of carboxylic acids is 1. The molecule has 1 saturated carbocycles. The lowest BCUT2D eigenvalue weighted by Crippen LogP contribution is -2.38. The molecule has 5 nitrogen and oxygen atoms in total. The molecule has 5 heteroatoms. The highest BCUT2D eigenvalue weighted by Gasteiger charge is 2.54. The summed E-state index contributed by atoms with van der Waals surface area (Å²) in [6.07, 6.45) is 5.46. The lowest BCUT2D eigenvalue weighted by molar-refractivity contribution is -0.153. The van der Waals surface area contributed by atoms with E-state index in [1.807, 2.05) is 6.08 Å². The van der Waals surface area contributed by atoms with Crippen LogP contribution in [0.3, 0.4) is 0 Å². The Hall–Kier alpha value is -2.30. The summed E-state index contributed by atoms with van der Waals surface area (Å²) in [7, 11) is 1.58. The molecule has 2 N–H and O–H groups in total. The molecule has 0 saturated heterocycles. The molecule has 116 valence electrons. The zero-order valence-electron chi connectivity index (χ0n) is 12.4. The van der Waals surface area contributed by atoms with Gasteiger partial charge in [-0.3, -0.25) is 9.59 Å². The van der Waals surface area contributed by atoms with E-state index in [-0.39, 0.29) is 18.2 Å². The first-order valence-corrected chi connectivity index (χ1v) is 7.39. The van der Waals surface area contributed by atoms with Gasteiger partial charge >= 0.3 is 5.97 Å². The fraction of sp³-hybridized carbons (Fsp3) is 0.412. The van der Waals surface area contributed by atoms with Gasteiger partial charge in [-0.25, -0.2) is 0 Å². The number of hydrogen-bond acceptors (Lipinski definition) is 3. The first kappa shape index (κ1) is 14.6. The lowest BCUT2D eigenvalue weighted by atomic mass is 9.73. The number of aliphatic carboxylic acids is 1. The van der Waals surface area contributed by atoms with Gasteiger partial charge in [0.25, 0.3) is 0 Å². The van der Waals surface area contributed by atoms with Crippen molar-refractivity contribution in [2.24, 2.45) is 17.3 Å². The average molecular weight is 301 g/mol. The Morgan fingerprint density at radius 2 is 2.05 bits per heavy atom. The summed E-state index contributed by atoms with van der Waals surface area (Å²) in [4.78, 5) is 24.0. The minimum absolute atomic E-state index is 0.0138. The first-order chi connectivity index (χ1) is 10.5. The summed E-state index contributed by atoms with van der Waals surface area (Å²) >= 11 is 0. The van der Waals surface area contributed by atoms with Crippen LogP contribution in [0.4, 0.5) is 5.69 Å². The molecule has 1 aromatic rings. The predicted molar refractivity (Wildman–Crippen MR) is 81.7 cm³/mol. The largest absolute Gasteiger partial charge is 0.497 e. The van der Waals surface area contributed by atoms with Gasteiger partial charge < -0.3 is 15.2 Å². The van der Waals surface area contributed by atoms with Crippen LogP contribution in [0.15, 0.2) is 36.4 Å². The molecule has 0 unspecified atom stereocenters. The Kier molecular flexibility index (Phi) is 3.64. The van der Waals surface area contributed by atoms with Crippen LogP contribution in [0.5, 0.6) is 5.75 Å². The minimum Gasteiger partial charge on any atom is -0.497 e. The maximum absolute atomic E-state index is 12.3. The molecule has 2 aliphatic carbocycles. The molecule has 22 heavy (non-hydrogen) atoms. The molecule has 1 aromatic carbocycles. The van der Waals surface area contributed by atoms with Crippen LogP contribution in [-0.4, -0.2) is 24.1 Å². The molecule has 0 spiro atoms. The number of carbonyl (C=O) groups is 2. The normalized spacial score (nSPS) is 28.6. The zero-order chi connectivity index (χ0) is 15.7. The van der Waals surface area contributed by atoms with Crippen LogP contribution >= 0.6 is 0 Å². The fourth-order valence-electron chi connectivity index (χ4n) is 3.65. The van der Waals surface area contributed by atoms with Crippen molar-refractivity contribution in [3.8, 4) is 5.75 Å². The Labute approximate surface area is 129 Å². The number of amides is 1. The zero-order valence-corrected chi connectivity index (χ0v) is 12.4. The number of carbonyl (C=O) groups excluding carboxylic acids is 1. The van der Waals surface area contributed by atoms with Gasteiger partial charge in [-0.1, -0.05) is 12.2 Å². The van der Waals surface area contributed by atoms with E-state index in [9.17, 15) is 14.7 Å². The molecule has 1 fully saturated rings. The molecule has 0 aliphatic heterocycles. The molecule has 0 heterocycles. The van der Waals surface area contributed by atoms with Gasteiger partial charge in [-0.15, -0.1) is 0 Å². The number of hydrogen-bond donors (Lipinski definition) is 2. The minimum atomic E-state index is -0.948. The summed E-state index contributed by atoms with van der Waals surface area (Å²) < 4.78 is 5.06. The number of rotatable bonds is 5. The first-order valence-electron chi connectivity index (χ1n) is 7.39. The van der Waals surface area contributed by atoms with Gasteiger partial charge in [0.15, 0.2) is 0 Å². The topological polar surface area (TPSA) is 75.6 Å². The van der Waals surface area contributed by atoms with Gasteiger partial charge in [0.05, 0.1) is 12.5 Å². The van der Waals surface area contributed by atoms with Crippen molar-refractivity contribution in [1.29, 1.82) is 0 Å². The van der Waals surface area contributed by atoms with Gasteiger partial charge in [-0.2, -0.15) is 0 Å². The molecular weight excluding hydrogens is 282 g/mol. The van der Waals surface area contributed by atoms with E-state index in [4.69, 9.17) is 4.74 Å². The molecule has 0 radical (unpaired) electrons. The van der Waals surface area contributed by atoms with Crippen molar-refractivity contribution in [3.63, 3.8) is 0 Å². The van der Waals surface area contributed by atoms with Crippen LogP contribution in [0.25, 0.3) is 0 Å². The number of carboxylic acid groups (broad SMARTS) is 1. The van der Waals surface area contributed by atoms with Crippen LogP contribution in [0, 0.1) is 17.3 Å². The number of benzene rings is 1. The summed E-state index contributed by atoms with van der Waals surface area (Å²) in [6, 6.07) is 6.99. The van der Waals surface area contributed by atoms with E-state index in [1.165, 1.54) is 0 Å². The van der Waals surface area contributed by atoms with E-state index in [1.54, 1.807) is 31.4 Å². The summed E-state index contributed by atoms with van der Waals surface area (Å²) in [6.45, 7) is 0. The second kappa shape index (κ2) is 5.48. The van der Waals surface area contributed by atoms with E-state index >= 15 is 0 Å². The SMILES string of the molecule is COc1ccc(NC(=O)C[C@@]2(C(=O)O)C[C@@H]3C=C[C@H]2C3)cc1. The number of fused-ring (bicyclic) bond motifs is 2.